The molecule has 4 aliphatic rings. The van der Waals surface area contributed by atoms with Crippen LogP contribution in [0.4, 0.5) is 0 Å². The Labute approximate surface area is 167 Å². The van der Waals surface area contributed by atoms with E-state index in [1.54, 1.807) is 0 Å². The number of ether oxygens (including phenoxy) is 1. The van der Waals surface area contributed by atoms with Crippen molar-refractivity contribution in [2.75, 3.05) is 6.61 Å². The minimum absolute atomic E-state index is 0.00834. The van der Waals surface area contributed by atoms with E-state index in [-0.39, 0.29) is 35.1 Å². The van der Waals surface area contributed by atoms with Gasteiger partial charge >= 0.3 is 5.97 Å². The summed E-state index contributed by atoms with van der Waals surface area (Å²) in [6, 6.07) is 0. The van der Waals surface area contributed by atoms with Gasteiger partial charge in [0.2, 0.25) is 0 Å². The molecule has 4 rings (SSSR count). The summed E-state index contributed by atoms with van der Waals surface area (Å²) < 4.78 is 4.99. The summed E-state index contributed by atoms with van der Waals surface area (Å²) in [5.74, 6) is 1.33. The van der Waals surface area contributed by atoms with E-state index in [2.05, 4.69) is 13.8 Å². The molecule has 0 heterocycles. The van der Waals surface area contributed by atoms with Crippen LogP contribution >= 0.6 is 0 Å². The Kier molecular flexibility index (Phi) is 4.96. The Bertz CT molecular complexity index is 686. The van der Waals surface area contributed by atoms with Crippen molar-refractivity contribution in [3.8, 4) is 0 Å². The SMILES string of the molecule is CC(=O)OCC(=O)[C@H]1CCC2C3CCC4CC(=O)CC[C@]4(C)C3C(O)C[C@@]21C. The molecule has 8 atom stereocenters. The van der Waals surface area contributed by atoms with Gasteiger partial charge in [-0.1, -0.05) is 13.8 Å². The first kappa shape index (κ1) is 20.1. The summed E-state index contributed by atoms with van der Waals surface area (Å²) in [5, 5.41) is 11.3. The van der Waals surface area contributed by atoms with Gasteiger partial charge in [0.25, 0.3) is 0 Å². The van der Waals surface area contributed by atoms with E-state index >= 15 is 0 Å². The lowest BCUT2D eigenvalue weighted by Gasteiger charge is -2.61. The molecule has 0 aliphatic heterocycles. The van der Waals surface area contributed by atoms with Crippen LogP contribution < -0.4 is 0 Å². The predicted molar refractivity (Wildman–Crippen MR) is 103 cm³/mol. The van der Waals surface area contributed by atoms with Gasteiger partial charge in [0.15, 0.2) is 5.78 Å². The highest BCUT2D eigenvalue weighted by molar-refractivity contribution is 5.85. The van der Waals surface area contributed by atoms with Gasteiger partial charge in [0, 0.05) is 25.7 Å². The van der Waals surface area contributed by atoms with Crippen molar-refractivity contribution in [1.29, 1.82) is 0 Å². The molecule has 5 heteroatoms. The minimum atomic E-state index is -0.422. The zero-order chi connectivity index (χ0) is 20.3. The lowest BCUT2D eigenvalue weighted by molar-refractivity contribution is -0.175. The zero-order valence-corrected chi connectivity index (χ0v) is 17.4. The number of Topliss-reactive ketones (excluding diaryl/α,β-unsaturated/α-hetero) is 2. The summed E-state index contributed by atoms with van der Waals surface area (Å²) >= 11 is 0. The van der Waals surface area contributed by atoms with E-state index in [4.69, 9.17) is 4.74 Å². The highest BCUT2D eigenvalue weighted by Gasteiger charge is 2.63. The van der Waals surface area contributed by atoms with Crippen molar-refractivity contribution in [3.63, 3.8) is 0 Å². The maximum Gasteiger partial charge on any atom is 0.303 e. The van der Waals surface area contributed by atoms with Crippen LogP contribution in [0.15, 0.2) is 0 Å². The average molecular weight is 391 g/mol. The Hall–Kier alpha value is -1.23. The molecule has 0 radical (unpaired) electrons. The van der Waals surface area contributed by atoms with Crippen LogP contribution in [0.1, 0.15) is 72.1 Å². The van der Waals surface area contributed by atoms with E-state index in [9.17, 15) is 19.5 Å². The molecule has 5 nitrogen and oxygen atoms in total. The molecule has 156 valence electrons. The summed E-state index contributed by atoms with van der Waals surface area (Å²) in [6.45, 7) is 5.67. The van der Waals surface area contributed by atoms with Gasteiger partial charge < -0.3 is 9.84 Å². The number of carbonyl (C=O) groups excluding carboxylic acids is 3. The van der Waals surface area contributed by atoms with Crippen molar-refractivity contribution >= 4 is 17.5 Å². The van der Waals surface area contributed by atoms with Crippen LogP contribution in [-0.2, 0) is 19.1 Å². The van der Waals surface area contributed by atoms with Gasteiger partial charge in [-0.15, -0.1) is 0 Å². The number of aliphatic hydroxyl groups is 1. The number of hydrogen-bond acceptors (Lipinski definition) is 5. The van der Waals surface area contributed by atoms with Crippen molar-refractivity contribution in [2.45, 2.75) is 78.2 Å². The van der Waals surface area contributed by atoms with Crippen molar-refractivity contribution in [1.82, 2.24) is 0 Å². The number of ketones is 2. The average Bonchev–Trinajstić information content (AvgIpc) is 2.96. The maximum absolute atomic E-state index is 12.8. The third-order valence-corrected chi connectivity index (χ3v) is 9.22. The van der Waals surface area contributed by atoms with Gasteiger partial charge in [-0.05, 0) is 73.0 Å². The number of hydrogen-bond donors (Lipinski definition) is 1. The van der Waals surface area contributed by atoms with Gasteiger partial charge in [-0.3, -0.25) is 14.4 Å². The first-order valence-electron chi connectivity index (χ1n) is 11.0. The minimum Gasteiger partial charge on any atom is -0.458 e. The lowest BCUT2D eigenvalue weighted by Crippen LogP contribution is -2.59. The van der Waals surface area contributed by atoms with Gasteiger partial charge in [0.05, 0.1) is 6.10 Å². The fourth-order valence-corrected chi connectivity index (χ4v) is 7.97. The number of fused-ring (bicyclic) bond motifs is 5. The number of carbonyl (C=O) groups is 3. The molecule has 0 bridgehead atoms. The number of rotatable bonds is 3. The van der Waals surface area contributed by atoms with E-state index in [1.165, 1.54) is 6.92 Å². The molecule has 0 aromatic heterocycles. The normalized spacial score (nSPS) is 47.6. The Morgan fingerprint density at radius 1 is 1.14 bits per heavy atom. The molecule has 28 heavy (non-hydrogen) atoms. The second-order valence-corrected chi connectivity index (χ2v) is 10.5. The predicted octanol–water partition coefficient (Wildman–Crippen LogP) is 3.32. The largest absolute Gasteiger partial charge is 0.458 e. The van der Waals surface area contributed by atoms with Crippen molar-refractivity contribution < 1.29 is 24.2 Å². The smallest absolute Gasteiger partial charge is 0.303 e. The quantitative estimate of drug-likeness (QED) is 0.748. The highest BCUT2D eigenvalue weighted by atomic mass is 16.5. The summed E-state index contributed by atoms with van der Waals surface area (Å²) in [5.41, 5.74) is -0.178. The first-order valence-corrected chi connectivity index (χ1v) is 11.0. The van der Waals surface area contributed by atoms with E-state index in [1.807, 2.05) is 0 Å². The molecular formula is C23H34O5. The first-order chi connectivity index (χ1) is 13.2. The van der Waals surface area contributed by atoms with E-state index in [0.29, 0.717) is 42.8 Å². The Balaban J connectivity index is 1.58. The van der Waals surface area contributed by atoms with Gasteiger partial charge in [0.1, 0.15) is 12.4 Å². The number of esters is 1. The van der Waals surface area contributed by atoms with E-state index in [0.717, 1.165) is 32.1 Å². The second-order valence-electron chi connectivity index (χ2n) is 10.5. The molecule has 0 amide bonds. The standard InChI is InChI=1S/C23H34O5/c1-13(24)28-12-20(27)18-7-6-17-16-5-4-14-10-15(25)8-9-22(14,2)21(16)19(26)11-23(17,18)3/h14,16-19,21,26H,4-12H2,1-3H3/t14?,16?,17?,18-,19?,21?,22+,23+/m1/s1. The summed E-state index contributed by atoms with van der Waals surface area (Å²) in [4.78, 5) is 36.0. The topological polar surface area (TPSA) is 80.7 Å². The highest BCUT2D eigenvalue weighted by Crippen LogP contribution is 2.67. The molecular weight excluding hydrogens is 356 g/mol. The van der Waals surface area contributed by atoms with Crippen molar-refractivity contribution in [3.05, 3.63) is 0 Å². The molecule has 0 aromatic carbocycles. The van der Waals surface area contributed by atoms with Crippen molar-refractivity contribution in [2.24, 2.45) is 40.4 Å². The fraction of sp³-hybridized carbons (Fsp3) is 0.870. The maximum atomic E-state index is 12.8. The van der Waals surface area contributed by atoms with Crippen LogP contribution in [-0.4, -0.2) is 35.4 Å². The summed E-state index contributed by atoms with van der Waals surface area (Å²) in [7, 11) is 0. The van der Waals surface area contributed by atoms with Crippen LogP contribution in [0.2, 0.25) is 0 Å². The monoisotopic (exact) mass is 390 g/mol. The molecule has 0 aromatic rings. The number of aliphatic hydroxyl groups excluding tert-OH is 1. The zero-order valence-electron chi connectivity index (χ0n) is 17.4. The lowest BCUT2D eigenvalue weighted by atomic mass is 9.44. The third-order valence-electron chi connectivity index (χ3n) is 9.22. The third kappa shape index (κ3) is 2.96. The Morgan fingerprint density at radius 2 is 1.89 bits per heavy atom. The van der Waals surface area contributed by atoms with Crippen LogP contribution in [0.25, 0.3) is 0 Å². The Morgan fingerprint density at radius 3 is 2.61 bits per heavy atom. The van der Waals surface area contributed by atoms with Crippen LogP contribution in [0, 0.1) is 40.4 Å². The fourth-order valence-electron chi connectivity index (χ4n) is 7.97. The van der Waals surface area contributed by atoms with E-state index < -0.39 is 12.1 Å². The molecule has 4 saturated carbocycles. The van der Waals surface area contributed by atoms with Gasteiger partial charge in [-0.25, -0.2) is 0 Å². The molecule has 0 spiro atoms. The summed E-state index contributed by atoms with van der Waals surface area (Å²) in [6.07, 6.45) is 6.41. The van der Waals surface area contributed by atoms with Gasteiger partial charge in [-0.2, -0.15) is 0 Å². The van der Waals surface area contributed by atoms with Crippen LogP contribution in [0.3, 0.4) is 0 Å². The second kappa shape index (κ2) is 6.93. The molecule has 1 N–H and O–H groups in total. The molecule has 4 aliphatic carbocycles. The molecule has 5 unspecified atom stereocenters. The molecule has 0 saturated heterocycles. The van der Waals surface area contributed by atoms with Crippen LogP contribution in [0.5, 0.6) is 0 Å². The molecule has 4 fully saturated rings.